The van der Waals surface area contributed by atoms with Crippen LogP contribution in [0, 0.1) is 28.6 Å². The monoisotopic (exact) mass is 369 g/mol. The molecule has 144 valence electrons. The number of hydrogen-bond donors (Lipinski definition) is 1. The number of ether oxygens (including phenoxy) is 1. The maximum absolute atomic E-state index is 12.5. The Labute approximate surface area is 159 Å². The highest BCUT2D eigenvalue weighted by Crippen LogP contribution is 2.62. The van der Waals surface area contributed by atoms with Crippen LogP contribution in [0.5, 0.6) is 0 Å². The van der Waals surface area contributed by atoms with E-state index in [0.717, 1.165) is 24.8 Å². The second-order valence-electron chi connectivity index (χ2n) is 8.68. The zero-order chi connectivity index (χ0) is 19.4. The molecule has 0 saturated heterocycles. The molecule has 0 aliphatic heterocycles. The van der Waals surface area contributed by atoms with Crippen molar-refractivity contribution in [3.63, 3.8) is 0 Å². The van der Waals surface area contributed by atoms with E-state index in [4.69, 9.17) is 4.74 Å². The average molecular weight is 369 g/mol. The lowest BCUT2D eigenvalue weighted by atomic mass is 9.50. The van der Waals surface area contributed by atoms with Crippen LogP contribution < -0.4 is 5.32 Å². The summed E-state index contributed by atoms with van der Waals surface area (Å²) in [6.45, 7) is 6.28. The second-order valence-corrected chi connectivity index (χ2v) is 8.68. The normalized spacial score (nSPS) is 39.7. The Kier molecular flexibility index (Phi) is 4.17. The van der Waals surface area contributed by atoms with Crippen molar-refractivity contribution in [2.45, 2.75) is 46.5 Å². The summed E-state index contributed by atoms with van der Waals surface area (Å²) in [7, 11) is 0. The zero-order valence-corrected chi connectivity index (χ0v) is 16.2. The van der Waals surface area contributed by atoms with Crippen LogP contribution in [0.2, 0.25) is 0 Å². The highest BCUT2D eigenvalue weighted by Gasteiger charge is 2.57. The summed E-state index contributed by atoms with van der Waals surface area (Å²) < 4.78 is 4.97. The molecule has 4 rings (SSSR count). The van der Waals surface area contributed by atoms with Gasteiger partial charge < -0.3 is 4.74 Å². The van der Waals surface area contributed by atoms with Crippen molar-refractivity contribution in [1.82, 2.24) is 5.32 Å². The van der Waals surface area contributed by atoms with Crippen LogP contribution in [-0.2, 0) is 14.3 Å². The van der Waals surface area contributed by atoms with E-state index in [1.165, 1.54) is 0 Å². The van der Waals surface area contributed by atoms with Crippen molar-refractivity contribution in [2.75, 3.05) is 6.61 Å². The molecular weight excluding hydrogens is 342 g/mol. The molecule has 1 N–H and O–H groups in total. The van der Waals surface area contributed by atoms with Gasteiger partial charge in [0.05, 0.1) is 12.3 Å². The van der Waals surface area contributed by atoms with Crippen molar-refractivity contribution in [1.29, 1.82) is 0 Å². The fourth-order valence-corrected chi connectivity index (χ4v) is 5.95. The average Bonchev–Trinajstić information content (AvgIpc) is 2.93. The molecule has 5 heteroatoms. The summed E-state index contributed by atoms with van der Waals surface area (Å²) in [6.07, 6.45) is 10.6. The second kappa shape index (κ2) is 6.18. The standard InChI is InChI=1S/C22H27NO4/c1-4-27-20(26)23-19-16-6-5-13-14-7-8-18(25)22(14,3)11-9-15(13)21(16,2)12-10-17(19)24/h5-6,10,12-15H,4,7-9,11H2,1-3H3,(H,23,26)/t13-,14-,15-,21+,22-/m0/s1. The molecule has 4 aliphatic rings. The summed E-state index contributed by atoms with van der Waals surface area (Å²) in [6, 6.07) is 0. The number of ketones is 2. The molecule has 0 aromatic carbocycles. The van der Waals surface area contributed by atoms with E-state index < -0.39 is 6.09 Å². The van der Waals surface area contributed by atoms with Gasteiger partial charge in [-0.25, -0.2) is 4.79 Å². The van der Waals surface area contributed by atoms with Crippen LogP contribution in [0.25, 0.3) is 0 Å². The lowest BCUT2D eigenvalue weighted by Crippen LogP contribution is -2.49. The minimum absolute atomic E-state index is 0.199. The number of rotatable bonds is 2. The Morgan fingerprint density at radius 1 is 1.22 bits per heavy atom. The van der Waals surface area contributed by atoms with E-state index in [1.807, 2.05) is 12.2 Å². The van der Waals surface area contributed by atoms with Crippen molar-refractivity contribution < 1.29 is 19.1 Å². The molecule has 0 spiro atoms. The van der Waals surface area contributed by atoms with E-state index >= 15 is 0 Å². The molecule has 4 aliphatic carbocycles. The van der Waals surface area contributed by atoms with Crippen LogP contribution in [0.4, 0.5) is 4.79 Å². The predicted octanol–water partition coefficient (Wildman–Crippen LogP) is 3.71. The molecule has 1 amide bonds. The number of allylic oxidation sites excluding steroid dienone is 5. The molecule has 27 heavy (non-hydrogen) atoms. The van der Waals surface area contributed by atoms with Crippen LogP contribution in [0.1, 0.15) is 46.5 Å². The largest absolute Gasteiger partial charge is 0.450 e. The van der Waals surface area contributed by atoms with Crippen LogP contribution in [-0.4, -0.2) is 24.3 Å². The summed E-state index contributed by atoms with van der Waals surface area (Å²) in [5, 5.41) is 2.66. The Balaban J connectivity index is 1.74. The van der Waals surface area contributed by atoms with E-state index in [0.29, 0.717) is 35.7 Å². The van der Waals surface area contributed by atoms with Gasteiger partial charge in [0.1, 0.15) is 5.78 Å². The zero-order valence-electron chi connectivity index (χ0n) is 16.2. The van der Waals surface area contributed by atoms with Gasteiger partial charge in [-0.05, 0) is 55.6 Å². The predicted molar refractivity (Wildman–Crippen MR) is 101 cm³/mol. The molecule has 0 unspecified atom stereocenters. The molecule has 0 radical (unpaired) electrons. The summed E-state index contributed by atoms with van der Waals surface area (Å²) in [5.74, 6) is 1.22. The molecule has 2 saturated carbocycles. The summed E-state index contributed by atoms with van der Waals surface area (Å²) in [4.78, 5) is 36.9. The number of fused-ring (bicyclic) bond motifs is 5. The third-order valence-corrected chi connectivity index (χ3v) is 7.48. The van der Waals surface area contributed by atoms with Gasteiger partial charge in [0.2, 0.25) is 5.78 Å². The quantitative estimate of drug-likeness (QED) is 0.805. The van der Waals surface area contributed by atoms with Gasteiger partial charge >= 0.3 is 6.09 Å². The topological polar surface area (TPSA) is 72.5 Å². The van der Waals surface area contributed by atoms with Gasteiger partial charge in [0, 0.05) is 17.3 Å². The first kappa shape index (κ1) is 18.2. The van der Waals surface area contributed by atoms with Gasteiger partial charge in [-0.3, -0.25) is 14.9 Å². The number of nitrogens with one attached hydrogen (secondary N) is 1. The maximum atomic E-state index is 12.5. The number of amides is 1. The molecule has 0 bridgehead atoms. The number of carbonyl (C=O) groups is 3. The van der Waals surface area contributed by atoms with Gasteiger partial charge in [0.25, 0.3) is 0 Å². The van der Waals surface area contributed by atoms with Gasteiger partial charge in [0.15, 0.2) is 0 Å². The van der Waals surface area contributed by atoms with E-state index in [1.54, 1.807) is 13.0 Å². The fourth-order valence-electron chi connectivity index (χ4n) is 5.95. The molecule has 0 aromatic heterocycles. The SMILES string of the molecule is CCOC(=O)NC1=C2C=C[C@@H]3[C@H](CC[C@]4(C)C(=O)CC[C@@H]34)[C@@]2(C)C=CC1=O. The summed E-state index contributed by atoms with van der Waals surface area (Å²) >= 11 is 0. The molecule has 0 aromatic rings. The van der Waals surface area contributed by atoms with E-state index in [9.17, 15) is 14.4 Å². The van der Waals surface area contributed by atoms with E-state index in [-0.39, 0.29) is 23.2 Å². The minimum atomic E-state index is -0.598. The molecule has 5 atom stereocenters. The van der Waals surface area contributed by atoms with Crippen molar-refractivity contribution in [3.8, 4) is 0 Å². The Hall–Kier alpha value is -2.17. The molecule has 2 fully saturated rings. The Morgan fingerprint density at radius 3 is 2.74 bits per heavy atom. The van der Waals surface area contributed by atoms with Gasteiger partial charge in [-0.15, -0.1) is 0 Å². The molecular formula is C22H27NO4. The Morgan fingerprint density at radius 2 is 2.00 bits per heavy atom. The highest BCUT2D eigenvalue weighted by molar-refractivity contribution is 6.08. The van der Waals surface area contributed by atoms with Crippen molar-refractivity contribution in [3.05, 3.63) is 35.6 Å². The number of Topliss-reactive ketones (excluding diaryl/α,β-unsaturated/α-hetero) is 1. The first-order valence-electron chi connectivity index (χ1n) is 9.95. The highest BCUT2D eigenvalue weighted by atomic mass is 16.5. The molecule has 5 nitrogen and oxygen atoms in total. The number of carbonyl (C=O) groups excluding carboxylic acids is 3. The smallest absolute Gasteiger partial charge is 0.411 e. The van der Waals surface area contributed by atoms with Crippen molar-refractivity contribution >= 4 is 17.7 Å². The lowest BCUT2D eigenvalue weighted by molar-refractivity contribution is -0.130. The van der Waals surface area contributed by atoms with Crippen LogP contribution in [0.15, 0.2) is 35.6 Å². The third-order valence-electron chi connectivity index (χ3n) is 7.48. The number of alkyl carbamates (subject to hydrolysis) is 1. The van der Waals surface area contributed by atoms with Crippen LogP contribution in [0.3, 0.4) is 0 Å². The lowest BCUT2D eigenvalue weighted by Gasteiger charge is -2.53. The van der Waals surface area contributed by atoms with Crippen molar-refractivity contribution in [2.24, 2.45) is 28.6 Å². The van der Waals surface area contributed by atoms with Crippen LogP contribution >= 0.6 is 0 Å². The van der Waals surface area contributed by atoms with Gasteiger partial charge in [-0.1, -0.05) is 32.1 Å². The van der Waals surface area contributed by atoms with E-state index in [2.05, 4.69) is 25.2 Å². The number of hydrogen-bond acceptors (Lipinski definition) is 4. The third kappa shape index (κ3) is 2.54. The molecule has 0 heterocycles. The summed E-state index contributed by atoms with van der Waals surface area (Å²) in [5.41, 5.74) is 0.652. The maximum Gasteiger partial charge on any atom is 0.411 e. The first-order chi connectivity index (χ1) is 12.8. The minimum Gasteiger partial charge on any atom is -0.450 e. The van der Waals surface area contributed by atoms with Gasteiger partial charge in [-0.2, -0.15) is 0 Å². The fraction of sp³-hybridized carbons (Fsp3) is 0.591. The Bertz CT molecular complexity index is 807. The first-order valence-corrected chi connectivity index (χ1v) is 9.95.